The van der Waals surface area contributed by atoms with Crippen LogP contribution in [0, 0.1) is 0 Å². The van der Waals surface area contributed by atoms with Gasteiger partial charge in [0.25, 0.3) is 0 Å². The molecule has 0 aliphatic carbocycles. The predicted octanol–water partition coefficient (Wildman–Crippen LogP) is 1.65. The molecule has 0 spiro atoms. The van der Waals surface area contributed by atoms with E-state index < -0.39 is 9.84 Å². The molecule has 0 unspecified atom stereocenters. The molecule has 0 bridgehead atoms. The third kappa shape index (κ3) is 7.32. The van der Waals surface area contributed by atoms with Crippen LogP contribution in [0.15, 0.2) is 47.7 Å². The number of aromatic nitrogens is 2. The van der Waals surface area contributed by atoms with Crippen molar-refractivity contribution >= 4 is 39.8 Å². The van der Waals surface area contributed by atoms with Crippen molar-refractivity contribution in [3.05, 3.63) is 53.9 Å². The Morgan fingerprint density at radius 2 is 1.92 bits per heavy atom. The van der Waals surface area contributed by atoms with Gasteiger partial charge in [-0.3, -0.25) is 9.67 Å². The van der Waals surface area contributed by atoms with Crippen LogP contribution in [0.25, 0.3) is 0 Å². The number of hydrogen-bond donors (Lipinski definition) is 2. The van der Waals surface area contributed by atoms with Gasteiger partial charge in [-0.05, 0) is 17.2 Å². The van der Waals surface area contributed by atoms with Gasteiger partial charge in [0.15, 0.2) is 15.8 Å². The van der Waals surface area contributed by atoms with Crippen LogP contribution in [0.4, 0.5) is 0 Å². The highest BCUT2D eigenvalue weighted by Gasteiger charge is 2.08. The first-order valence-corrected chi connectivity index (χ1v) is 10.1. The highest BCUT2D eigenvalue weighted by atomic mass is 127. The van der Waals surface area contributed by atoms with Crippen molar-refractivity contribution in [3.8, 4) is 0 Å². The van der Waals surface area contributed by atoms with Crippen LogP contribution in [0.5, 0.6) is 0 Å². The topological polar surface area (TPSA) is 88.4 Å². The molecule has 0 saturated heterocycles. The summed E-state index contributed by atoms with van der Waals surface area (Å²) in [6, 6.07) is 10.0. The predicted molar refractivity (Wildman–Crippen MR) is 116 cm³/mol. The van der Waals surface area contributed by atoms with E-state index in [9.17, 15) is 8.42 Å². The molecule has 0 fully saturated rings. The summed E-state index contributed by atoms with van der Waals surface area (Å²) in [5.74, 6) is 0.835. The van der Waals surface area contributed by atoms with Gasteiger partial charge in [-0.1, -0.05) is 31.2 Å². The van der Waals surface area contributed by atoms with E-state index in [1.165, 1.54) is 5.56 Å². The normalized spacial score (nSPS) is 11.7. The van der Waals surface area contributed by atoms with Crippen LogP contribution < -0.4 is 10.6 Å². The average molecular weight is 491 g/mol. The molecule has 2 N–H and O–H groups in total. The van der Waals surface area contributed by atoms with Crippen molar-refractivity contribution in [1.29, 1.82) is 0 Å². The Labute approximate surface area is 172 Å². The van der Waals surface area contributed by atoms with Crippen LogP contribution in [0.3, 0.4) is 0 Å². The number of benzene rings is 1. The first-order chi connectivity index (χ1) is 12.0. The Balaban J connectivity index is 0.00000338. The molecular formula is C17H26IN5O2S. The van der Waals surface area contributed by atoms with E-state index in [4.69, 9.17) is 0 Å². The van der Waals surface area contributed by atoms with Gasteiger partial charge in [0.2, 0.25) is 0 Å². The molecule has 2 aromatic rings. The van der Waals surface area contributed by atoms with Gasteiger partial charge in [-0.25, -0.2) is 8.42 Å². The molecule has 26 heavy (non-hydrogen) atoms. The molecule has 0 aliphatic rings. The van der Waals surface area contributed by atoms with Crippen molar-refractivity contribution in [2.24, 2.45) is 4.99 Å². The van der Waals surface area contributed by atoms with Crippen LogP contribution in [0.1, 0.15) is 18.1 Å². The summed E-state index contributed by atoms with van der Waals surface area (Å²) in [6.45, 7) is 3.28. The van der Waals surface area contributed by atoms with E-state index in [-0.39, 0.29) is 35.5 Å². The second kappa shape index (κ2) is 11.2. The Morgan fingerprint density at radius 1 is 1.19 bits per heavy atom. The summed E-state index contributed by atoms with van der Waals surface area (Å²) < 4.78 is 24.9. The average Bonchev–Trinajstić information content (AvgIpc) is 3.12. The van der Waals surface area contributed by atoms with Crippen LogP contribution in [-0.4, -0.2) is 49.3 Å². The minimum absolute atomic E-state index is 0. The lowest BCUT2D eigenvalue weighted by Crippen LogP contribution is -2.39. The molecule has 0 atom stereocenters. The lowest BCUT2D eigenvalue weighted by atomic mass is 10.1. The second-order valence-corrected chi connectivity index (χ2v) is 8.03. The fraction of sp³-hybridized carbons (Fsp3) is 0.412. The standard InChI is InChI=1S/C17H25N5O2S.HI/c1-3-25(23,24)12-10-19-17(18-2)20-13-15-7-4-5-8-16(15)14-22-11-6-9-21-22;/h4-9,11H,3,10,12-14H2,1-2H3,(H2,18,19,20);1H. The van der Waals surface area contributed by atoms with E-state index in [0.29, 0.717) is 25.6 Å². The molecule has 0 amide bonds. The first-order valence-electron chi connectivity index (χ1n) is 8.23. The molecule has 9 heteroatoms. The Morgan fingerprint density at radius 3 is 2.54 bits per heavy atom. The van der Waals surface area contributed by atoms with E-state index in [0.717, 1.165) is 5.56 Å². The fourth-order valence-electron chi connectivity index (χ4n) is 2.32. The van der Waals surface area contributed by atoms with Crippen molar-refractivity contribution in [2.45, 2.75) is 20.0 Å². The molecule has 144 valence electrons. The van der Waals surface area contributed by atoms with E-state index >= 15 is 0 Å². The lowest BCUT2D eigenvalue weighted by Gasteiger charge is -2.14. The Hall–Kier alpha value is -1.62. The highest BCUT2D eigenvalue weighted by molar-refractivity contribution is 14.0. The molecule has 0 aliphatic heterocycles. The Bertz CT molecular complexity index is 791. The number of sulfone groups is 1. The quantitative estimate of drug-likeness (QED) is 0.333. The summed E-state index contributed by atoms with van der Waals surface area (Å²) in [5.41, 5.74) is 2.31. The smallest absolute Gasteiger partial charge is 0.191 e. The zero-order chi connectivity index (χ0) is 18.1. The third-order valence-electron chi connectivity index (χ3n) is 3.83. The van der Waals surface area contributed by atoms with Gasteiger partial charge in [-0.2, -0.15) is 5.10 Å². The summed E-state index contributed by atoms with van der Waals surface area (Å²) in [5, 5.41) is 10.5. The summed E-state index contributed by atoms with van der Waals surface area (Å²) >= 11 is 0. The van der Waals surface area contributed by atoms with Gasteiger partial charge >= 0.3 is 0 Å². The SMILES string of the molecule is CCS(=O)(=O)CCNC(=NC)NCc1ccccc1Cn1cccn1.I. The van der Waals surface area contributed by atoms with E-state index in [1.54, 1.807) is 20.2 Å². The number of rotatable bonds is 8. The molecular weight excluding hydrogens is 465 g/mol. The Kier molecular flexibility index (Phi) is 9.63. The maximum absolute atomic E-state index is 11.5. The fourth-order valence-corrected chi connectivity index (χ4v) is 3.02. The summed E-state index contributed by atoms with van der Waals surface area (Å²) in [6.07, 6.45) is 3.69. The molecule has 1 aromatic carbocycles. The van der Waals surface area contributed by atoms with Gasteiger partial charge in [0, 0.05) is 38.3 Å². The number of hydrogen-bond acceptors (Lipinski definition) is 4. The van der Waals surface area contributed by atoms with Crippen LogP contribution in [-0.2, 0) is 22.9 Å². The molecule has 0 radical (unpaired) electrons. The van der Waals surface area contributed by atoms with Gasteiger partial charge in [0.1, 0.15) is 0 Å². The molecule has 1 heterocycles. The van der Waals surface area contributed by atoms with Crippen molar-refractivity contribution in [3.63, 3.8) is 0 Å². The van der Waals surface area contributed by atoms with Crippen LogP contribution in [0.2, 0.25) is 0 Å². The number of halogens is 1. The maximum atomic E-state index is 11.5. The summed E-state index contributed by atoms with van der Waals surface area (Å²) in [4.78, 5) is 4.14. The third-order valence-corrected chi connectivity index (χ3v) is 5.53. The number of nitrogens with one attached hydrogen (secondary N) is 2. The number of guanidine groups is 1. The highest BCUT2D eigenvalue weighted by Crippen LogP contribution is 2.10. The summed E-state index contributed by atoms with van der Waals surface area (Å²) in [7, 11) is -1.32. The minimum atomic E-state index is -2.98. The van der Waals surface area contributed by atoms with Crippen molar-refractivity contribution in [1.82, 2.24) is 20.4 Å². The monoisotopic (exact) mass is 491 g/mol. The number of nitrogens with zero attached hydrogens (tertiary/aromatic N) is 3. The number of aliphatic imine (C=N–C) groups is 1. The minimum Gasteiger partial charge on any atom is -0.355 e. The van der Waals surface area contributed by atoms with Crippen LogP contribution >= 0.6 is 24.0 Å². The molecule has 2 rings (SSSR count). The van der Waals surface area contributed by atoms with E-state index in [1.807, 2.05) is 29.1 Å². The maximum Gasteiger partial charge on any atom is 0.191 e. The lowest BCUT2D eigenvalue weighted by molar-refractivity contribution is 0.595. The molecule has 0 saturated carbocycles. The van der Waals surface area contributed by atoms with Crippen molar-refractivity contribution < 1.29 is 8.42 Å². The van der Waals surface area contributed by atoms with Gasteiger partial charge in [0.05, 0.1) is 12.3 Å². The van der Waals surface area contributed by atoms with Gasteiger partial charge in [-0.15, -0.1) is 24.0 Å². The molecule has 1 aromatic heterocycles. The zero-order valence-corrected chi connectivity index (χ0v) is 18.2. The zero-order valence-electron chi connectivity index (χ0n) is 15.1. The van der Waals surface area contributed by atoms with Gasteiger partial charge < -0.3 is 10.6 Å². The molecule has 7 nitrogen and oxygen atoms in total. The van der Waals surface area contributed by atoms with Crippen molar-refractivity contribution in [2.75, 3.05) is 25.1 Å². The van der Waals surface area contributed by atoms with E-state index in [2.05, 4.69) is 32.9 Å². The second-order valence-electron chi connectivity index (χ2n) is 5.56. The first kappa shape index (κ1) is 22.4. The largest absolute Gasteiger partial charge is 0.355 e.